The molecule has 0 radical (unpaired) electrons. The number of sulfonamides is 1. The van der Waals surface area contributed by atoms with E-state index in [4.69, 9.17) is 28.5 Å². The maximum atomic E-state index is 13.6. The highest BCUT2D eigenvalue weighted by molar-refractivity contribution is 7.92. The van der Waals surface area contributed by atoms with Gasteiger partial charge in [-0.25, -0.2) is 17.7 Å². The Labute approximate surface area is 194 Å². The highest BCUT2D eigenvalue weighted by Crippen LogP contribution is 2.26. The van der Waals surface area contributed by atoms with E-state index in [1.807, 2.05) is 6.07 Å². The predicted molar refractivity (Wildman–Crippen MR) is 121 cm³/mol. The zero-order valence-electron chi connectivity index (χ0n) is 17.0. The van der Waals surface area contributed by atoms with Gasteiger partial charge in [0.05, 0.1) is 39.5 Å². The number of hydrogen-bond donors (Lipinski definition) is 0. The number of aryl methyl sites for hydroxylation is 2. The number of hydrogen-bond acceptors (Lipinski definition) is 6. The van der Waals surface area contributed by atoms with Gasteiger partial charge in [-0.1, -0.05) is 35.3 Å². The van der Waals surface area contributed by atoms with E-state index in [-0.39, 0.29) is 23.2 Å². The summed E-state index contributed by atoms with van der Waals surface area (Å²) in [5.41, 5.74) is 2.28. The summed E-state index contributed by atoms with van der Waals surface area (Å²) in [4.78, 5) is 8.72. The molecule has 0 aliphatic rings. The molecule has 0 spiro atoms. The molecular formula is C21H16Cl2N6O2S. The van der Waals surface area contributed by atoms with Crippen LogP contribution in [0.4, 0.5) is 5.95 Å². The van der Waals surface area contributed by atoms with E-state index in [2.05, 4.69) is 15.1 Å². The Hall–Kier alpha value is -3.19. The summed E-state index contributed by atoms with van der Waals surface area (Å²) in [5.74, 6) is 0.178. The average Bonchev–Trinajstić information content (AvgIpc) is 3.20. The maximum absolute atomic E-state index is 13.6. The van der Waals surface area contributed by atoms with Crippen LogP contribution in [0.3, 0.4) is 0 Å². The van der Waals surface area contributed by atoms with Crippen LogP contribution in [-0.2, 0) is 16.6 Å². The van der Waals surface area contributed by atoms with Gasteiger partial charge in [-0.3, -0.25) is 0 Å². The third-order valence-corrected chi connectivity index (χ3v) is 7.37. The first kappa shape index (κ1) is 22.0. The Morgan fingerprint density at radius 1 is 1.03 bits per heavy atom. The molecule has 11 heteroatoms. The molecular weight excluding hydrogens is 471 g/mol. The molecule has 4 aromatic rings. The van der Waals surface area contributed by atoms with Crippen LogP contribution in [-0.4, -0.2) is 28.0 Å². The molecule has 0 atom stereocenters. The number of halogens is 2. The first-order chi connectivity index (χ1) is 15.2. The zero-order valence-corrected chi connectivity index (χ0v) is 19.3. The molecule has 0 aliphatic carbocycles. The number of rotatable bonds is 5. The van der Waals surface area contributed by atoms with Crippen molar-refractivity contribution >= 4 is 45.0 Å². The molecule has 0 fully saturated rings. The lowest BCUT2D eigenvalue weighted by atomic mass is 10.1. The molecule has 0 saturated heterocycles. The Bertz CT molecular complexity index is 1460. The minimum atomic E-state index is -4.05. The number of aromatic nitrogens is 4. The van der Waals surface area contributed by atoms with E-state index in [9.17, 15) is 8.42 Å². The van der Waals surface area contributed by atoms with Gasteiger partial charge in [-0.15, -0.1) is 5.10 Å². The highest BCUT2D eigenvalue weighted by Gasteiger charge is 2.29. The second kappa shape index (κ2) is 8.39. The van der Waals surface area contributed by atoms with Crippen molar-refractivity contribution in [2.75, 3.05) is 4.31 Å². The number of nitrogens with zero attached hydrogens (tertiary/aromatic N) is 6. The highest BCUT2D eigenvalue weighted by atomic mass is 35.5. The van der Waals surface area contributed by atoms with E-state index >= 15 is 0 Å². The van der Waals surface area contributed by atoms with Crippen molar-refractivity contribution in [3.8, 4) is 6.07 Å². The summed E-state index contributed by atoms with van der Waals surface area (Å²) in [6.07, 6.45) is 0. The van der Waals surface area contributed by atoms with Crippen molar-refractivity contribution in [1.82, 2.24) is 19.6 Å². The standard InChI is InChI=1S/C21H16Cl2N6O2S/c1-13-19(23)14(2)29-20(25-13)26-21(27-29)28(12-16-5-3-15(11-24)4-6-16)32(30,31)18-9-7-17(22)8-10-18/h3-10H,12H2,1-2H3. The molecule has 0 amide bonds. The second-order valence-electron chi connectivity index (χ2n) is 6.99. The summed E-state index contributed by atoms with van der Waals surface area (Å²) in [6.45, 7) is 3.43. The summed E-state index contributed by atoms with van der Waals surface area (Å²) in [5, 5.41) is 14.3. The Balaban J connectivity index is 1.87. The van der Waals surface area contributed by atoms with Crippen LogP contribution in [0.1, 0.15) is 22.5 Å². The molecule has 2 aromatic carbocycles. The van der Waals surface area contributed by atoms with E-state index < -0.39 is 10.0 Å². The van der Waals surface area contributed by atoms with Crippen LogP contribution in [0.15, 0.2) is 53.4 Å². The van der Waals surface area contributed by atoms with Gasteiger partial charge in [-0.2, -0.15) is 14.8 Å². The third-order valence-electron chi connectivity index (χ3n) is 4.83. The van der Waals surface area contributed by atoms with E-state index in [0.29, 0.717) is 32.6 Å². The Morgan fingerprint density at radius 2 is 1.69 bits per heavy atom. The summed E-state index contributed by atoms with van der Waals surface area (Å²) < 4.78 is 29.6. The van der Waals surface area contributed by atoms with Gasteiger partial charge < -0.3 is 0 Å². The van der Waals surface area contributed by atoms with Gasteiger partial charge in [0.2, 0.25) is 0 Å². The average molecular weight is 487 g/mol. The van der Waals surface area contributed by atoms with E-state index in [1.54, 1.807) is 38.1 Å². The van der Waals surface area contributed by atoms with Crippen LogP contribution in [0.25, 0.3) is 5.78 Å². The van der Waals surface area contributed by atoms with Crippen molar-refractivity contribution in [2.24, 2.45) is 0 Å². The fourth-order valence-corrected chi connectivity index (χ4v) is 4.69. The van der Waals surface area contributed by atoms with Gasteiger partial charge >= 0.3 is 0 Å². The molecule has 8 nitrogen and oxygen atoms in total. The number of fused-ring (bicyclic) bond motifs is 1. The molecule has 0 aliphatic heterocycles. The van der Waals surface area contributed by atoms with Crippen LogP contribution >= 0.6 is 23.2 Å². The lowest BCUT2D eigenvalue weighted by molar-refractivity contribution is 0.589. The maximum Gasteiger partial charge on any atom is 0.267 e. The second-order valence-corrected chi connectivity index (χ2v) is 9.67. The zero-order chi connectivity index (χ0) is 23.0. The first-order valence-electron chi connectivity index (χ1n) is 9.37. The number of nitriles is 1. The Kier molecular flexibility index (Phi) is 5.77. The fourth-order valence-electron chi connectivity index (χ4n) is 3.10. The fraction of sp³-hybridized carbons (Fsp3) is 0.143. The van der Waals surface area contributed by atoms with Gasteiger partial charge in [-0.05, 0) is 55.8 Å². The normalized spacial score (nSPS) is 11.5. The van der Waals surface area contributed by atoms with Crippen LogP contribution < -0.4 is 4.31 Å². The molecule has 4 rings (SSSR count). The lowest BCUT2D eigenvalue weighted by Gasteiger charge is -2.21. The van der Waals surface area contributed by atoms with Gasteiger partial charge in [0.1, 0.15) is 0 Å². The van der Waals surface area contributed by atoms with Crippen molar-refractivity contribution in [3.05, 3.63) is 81.1 Å². The molecule has 0 unspecified atom stereocenters. The van der Waals surface area contributed by atoms with Gasteiger partial charge in [0.25, 0.3) is 21.7 Å². The monoisotopic (exact) mass is 486 g/mol. The quantitative estimate of drug-likeness (QED) is 0.416. The van der Waals surface area contributed by atoms with Crippen LogP contribution in [0.2, 0.25) is 10.0 Å². The largest absolute Gasteiger partial charge is 0.267 e. The molecule has 0 saturated carbocycles. The third kappa shape index (κ3) is 4.00. The van der Waals surface area contributed by atoms with E-state index in [0.717, 1.165) is 4.31 Å². The van der Waals surface area contributed by atoms with E-state index in [1.165, 1.54) is 28.8 Å². The smallest absolute Gasteiger partial charge is 0.228 e. The van der Waals surface area contributed by atoms with Crippen molar-refractivity contribution < 1.29 is 8.42 Å². The van der Waals surface area contributed by atoms with Crippen LogP contribution in [0.5, 0.6) is 0 Å². The summed E-state index contributed by atoms with van der Waals surface area (Å²) in [7, 11) is -4.05. The van der Waals surface area contributed by atoms with Gasteiger partial charge in [0.15, 0.2) is 0 Å². The minimum Gasteiger partial charge on any atom is -0.228 e. The molecule has 32 heavy (non-hydrogen) atoms. The number of benzene rings is 2. The topological polar surface area (TPSA) is 104 Å². The molecule has 2 aromatic heterocycles. The van der Waals surface area contributed by atoms with Crippen LogP contribution in [0, 0.1) is 25.2 Å². The summed E-state index contributed by atoms with van der Waals surface area (Å²) in [6, 6.07) is 14.5. The number of anilines is 1. The molecule has 0 bridgehead atoms. The SMILES string of the molecule is Cc1nc2nc(N(Cc3ccc(C#N)cc3)S(=O)(=O)c3ccc(Cl)cc3)nn2c(C)c1Cl. The van der Waals surface area contributed by atoms with Crippen molar-refractivity contribution in [3.63, 3.8) is 0 Å². The van der Waals surface area contributed by atoms with Crippen molar-refractivity contribution in [2.45, 2.75) is 25.3 Å². The lowest BCUT2D eigenvalue weighted by Crippen LogP contribution is -2.31. The van der Waals surface area contributed by atoms with Gasteiger partial charge in [0, 0.05) is 5.02 Å². The Morgan fingerprint density at radius 3 is 2.31 bits per heavy atom. The predicted octanol–water partition coefficient (Wildman–Crippen LogP) is 4.32. The molecule has 0 N–H and O–H groups in total. The minimum absolute atomic E-state index is 0.0355. The van der Waals surface area contributed by atoms with Crippen molar-refractivity contribution in [1.29, 1.82) is 5.26 Å². The molecule has 162 valence electrons. The molecule has 2 heterocycles. The summed E-state index contributed by atoms with van der Waals surface area (Å²) >= 11 is 12.2. The first-order valence-corrected chi connectivity index (χ1v) is 11.6.